The fraction of sp³-hybridized carbons (Fsp3) is 0.185. The normalized spacial score (nSPS) is 10.5. The minimum atomic E-state index is -0.621. The molecule has 0 unspecified atom stereocenters. The van der Waals surface area contributed by atoms with Crippen molar-refractivity contribution in [2.45, 2.75) is 6.92 Å². The SMILES string of the molecule is CCOc1ccc(C(=O)NCC(=O)N/N=C/c2cc(Br)ccc2OC(=O)c2ccc(OC)c(OC)c2)cc1. The van der Waals surface area contributed by atoms with Crippen molar-refractivity contribution < 1.29 is 33.3 Å². The molecule has 3 aromatic carbocycles. The molecule has 0 aromatic heterocycles. The van der Waals surface area contributed by atoms with Crippen LogP contribution in [0.1, 0.15) is 33.2 Å². The molecular weight excluding hydrogens is 558 g/mol. The van der Waals surface area contributed by atoms with Crippen LogP contribution in [0.2, 0.25) is 0 Å². The molecule has 0 atom stereocenters. The molecule has 0 bridgehead atoms. The molecule has 38 heavy (non-hydrogen) atoms. The van der Waals surface area contributed by atoms with E-state index < -0.39 is 17.8 Å². The number of esters is 1. The molecule has 0 radical (unpaired) electrons. The maximum atomic E-state index is 12.7. The Morgan fingerprint density at radius 3 is 2.26 bits per heavy atom. The molecule has 10 nitrogen and oxygen atoms in total. The Kier molecular flexibility index (Phi) is 10.2. The van der Waals surface area contributed by atoms with E-state index in [9.17, 15) is 14.4 Å². The maximum Gasteiger partial charge on any atom is 0.343 e. The van der Waals surface area contributed by atoms with Gasteiger partial charge in [-0.15, -0.1) is 0 Å². The van der Waals surface area contributed by atoms with Gasteiger partial charge in [0.1, 0.15) is 11.5 Å². The number of rotatable bonds is 11. The number of hydrazone groups is 1. The average molecular weight is 584 g/mol. The van der Waals surface area contributed by atoms with Gasteiger partial charge in [-0.05, 0) is 67.6 Å². The Hall–Kier alpha value is -4.38. The van der Waals surface area contributed by atoms with Gasteiger partial charge in [-0.1, -0.05) is 15.9 Å². The first-order chi connectivity index (χ1) is 18.3. The summed E-state index contributed by atoms with van der Waals surface area (Å²) in [5.41, 5.74) is 3.40. The van der Waals surface area contributed by atoms with E-state index in [1.54, 1.807) is 54.6 Å². The third-order valence-electron chi connectivity index (χ3n) is 5.02. The van der Waals surface area contributed by atoms with Gasteiger partial charge < -0.3 is 24.3 Å². The minimum absolute atomic E-state index is 0.217. The van der Waals surface area contributed by atoms with Gasteiger partial charge in [-0.25, -0.2) is 10.2 Å². The molecule has 11 heteroatoms. The van der Waals surface area contributed by atoms with Gasteiger partial charge in [0.05, 0.1) is 39.1 Å². The van der Waals surface area contributed by atoms with Crippen LogP contribution in [0.15, 0.2) is 70.2 Å². The third kappa shape index (κ3) is 7.81. The topological polar surface area (TPSA) is 125 Å². The van der Waals surface area contributed by atoms with Crippen molar-refractivity contribution in [1.82, 2.24) is 10.7 Å². The first-order valence-corrected chi connectivity index (χ1v) is 12.2. The summed E-state index contributed by atoms with van der Waals surface area (Å²) in [4.78, 5) is 37.1. The Morgan fingerprint density at radius 2 is 1.58 bits per heavy atom. The lowest BCUT2D eigenvalue weighted by atomic mass is 10.2. The Morgan fingerprint density at radius 1 is 0.895 bits per heavy atom. The predicted molar refractivity (Wildman–Crippen MR) is 144 cm³/mol. The van der Waals surface area contributed by atoms with Crippen molar-refractivity contribution in [3.8, 4) is 23.0 Å². The number of amides is 2. The molecule has 0 spiro atoms. The zero-order valence-electron chi connectivity index (χ0n) is 20.9. The van der Waals surface area contributed by atoms with E-state index in [-0.39, 0.29) is 17.9 Å². The molecule has 0 heterocycles. The van der Waals surface area contributed by atoms with E-state index in [4.69, 9.17) is 18.9 Å². The van der Waals surface area contributed by atoms with Gasteiger partial charge in [0.2, 0.25) is 0 Å². The van der Waals surface area contributed by atoms with E-state index in [0.29, 0.717) is 39.5 Å². The molecule has 0 aliphatic heterocycles. The number of ether oxygens (including phenoxy) is 4. The van der Waals surface area contributed by atoms with Gasteiger partial charge in [0, 0.05) is 15.6 Å². The van der Waals surface area contributed by atoms with Crippen LogP contribution in [-0.2, 0) is 4.79 Å². The van der Waals surface area contributed by atoms with Crippen molar-refractivity contribution in [1.29, 1.82) is 0 Å². The number of benzene rings is 3. The van der Waals surface area contributed by atoms with Gasteiger partial charge >= 0.3 is 5.97 Å². The standard InChI is InChI=1S/C27H26BrN3O7/c1-4-37-21-9-5-17(6-10-21)26(33)29-16-25(32)31-30-15-19-13-20(28)8-12-22(19)38-27(34)18-7-11-23(35-2)24(14-18)36-3/h5-15H,4,16H2,1-3H3,(H,29,33)(H,31,32)/b30-15+. The minimum Gasteiger partial charge on any atom is -0.494 e. The summed E-state index contributed by atoms with van der Waals surface area (Å²) in [5, 5.41) is 6.43. The van der Waals surface area contributed by atoms with Crippen LogP contribution in [0.25, 0.3) is 0 Å². The largest absolute Gasteiger partial charge is 0.494 e. The summed E-state index contributed by atoms with van der Waals surface area (Å²) in [6, 6.07) is 16.2. The number of hydrogen-bond donors (Lipinski definition) is 2. The van der Waals surface area contributed by atoms with Gasteiger partial charge in [-0.2, -0.15) is 5.10 Å². The molecule has 3 rings (SSSR count). The summed E-state index contributed by atoms with van der Waals surface area (Å²) in [6.45, 7) is 2.10. The van der Waals surface area contributed by atoms with E-state index in [2.05, 4.69) is 31.8 Å². The lowest BCUT2D eigenvalue weighted by Crippen LogP contribution is -2.34. The van der Waals surface area contributed by atoms with E-state index in [1.165, 1.54) is 26.5 Å². The molecule has 198 valence electrons. The first-order valence-electron chi connectivity index (χ1n) is 11.4. The molecule has 0 aliphatic rings. The zero-order valence-corrected chi connectivity index (χ0v) is 22.5. The van der Waals surface area contributed by atoms with Gasteiger partial charge in [0.15, 0.2) is 11.5 Å². The second-order valence-electron chi connectivity index (χ2n) is 7.57. The van der Waals surface area contributed by atoms with E-state index >= 15 is 0 Å². The van der Waals surface area contributed by atoms with Crippen LogP contribution < -0.4 is 29.7 Å². The van der Waals surface area contributed by atoms with Crippen LogP contribution in [0.5, 0.6) is 23.0 Å². The molecule has 2 amide bonds. The molecule has 0 saturated carbocycles. The number of carbonyl (C=O) groups excluding carboxylic acids is 3. The summed E-state index contributed by atoms with van der Waals surface area (Å²) in [5.74, 6) is 0.155. The number of hydrogen-bond acceptors (Lipinski definition) is 8. The summed E-state index contributed by atoms with van der Waals surface area (Å²) in [7, 11) is 2.97. The average Bonchev–Trinajstić information content (AvgIpc) is 2.93. The fourth-order valence-corrected chi connectivity index (χ4v) is 3.56. The van der Waals surface area contributed by atoms with E-state index in [0.717, 1.165) is 0 Å². The highest BCUT2D eigenvalue weighted by Crippen LogP contribution is 2.29. The van der Waals surface area contributed by atoms with Crippen molar-refractivity contribution in [2.24, 2.45) is 5.10 Å². The highest BCUT2D eigenvalue weighted by Gasteiger charge is 2.15. The summed E-state index contributed by atoms with van der Waals surface area (Å²) in [6.07, 6.45) is 1.33. The highest BCUT2D eigenvalue weighted by atomic mass is 79.9. The Bertz CT molecular complexity index is 1330. The third-order valence-corrected chi connectivity index (χ3v) is 5.52. The molecule has 3 aromatic rings. The fourth-order valence-electron chi connectivity index (χ4n) is 3.18. The van der Waals surface area contributed by atoms with Crippen LogP contribution in [0.3, 0.4) is 0 Å². The molecule has 0 saturated heterocycles. The number of nitrogens with one attached hydrogen (secondary N) is 2. The van der Waals surface area contributed by atoms with Crippen LogP contribution in [-0.4, -0.2) is 51.4 Å². The maximum absolute atomic E-state index is 12.7. The predicted octanol–water partition coefficient (Wildman–Crippen LogP) is 3.96. The number of carbonyl (C=O) groups is 3. The summed E-state index contributed by atoms with van der Waals surface area (Å²) >= 11 is 3.36. The molecular formula is C27H26BrN3O7. The highest BCUT2D eigenvalue weighted by molar-refractivity contribution is 9.10. The van der Waals surface area contributed by atoms with Crippen LogP contribution in [0, 0.1) is 0 Å². The van der Waals surface area contributed by atoms with Crippen molar-refractivity contribution in [2.75, 3.05) is 27.4 Å². The Balaban J connectivity index is 1.59. The van der Waals surface area contributed by atoms with Crippen LogP contribution in [0.4, 0.5) is 0 Å². The van der Waals surface area contributed by atoms with Gasteiger partial charge in [-0.3, -0.25) is 9.59 Å². The zero-order chi connectivity index (χ0) is 27.5. The van der Waals surface area contributed by atoms with Crippen LogP contribution >= 0.6 is 15.9 Å². The van der Waals surface area contributed by atoms with Crippen molar-refractivity contribution in [3.63, 3.8) is 0 Å². The smallest absolute Gasteiger partial charge is 0.343 e. The monoisotopic (exact) mass is 583 g/mol. The van der Waals surface area contributed by atoms with Gasteiger partial charge in [0.25, 0.3) is 11.8 Å². The van der Waals surface area contributed by atoms with E-state index in [1.807, 2.05) is 6.92 Å². The Labute approximate surface area is 228 Å². The second kappa shape index (κ2) is 13.8. The molecule has 2 N–H and O–H groups in total. The lowest BCUT2D eigenvalue weighted by molar-refractivity contribution is -0.120. The second-order valence-corrected chi connectivity index (χ2v) is 8.49. The lowest BCUT2D eigenvalue weighted by Gasteiger charge is -2.11. The quantitative estimate of drug-likeness (QED) is 0.151. The number of halogens is 1. The number of nitrogens with zero attached hydrogens (tertiary/aromatic N) is 1. The molecule has 0 aliphatic carbocycles. The van der Waals surface area contributed by atoms with Crippen molar-refractivity contribution in [3.05, 3.63) is 81.8 Å². The molecule has 0 fully saturated rings. The number of methoxy groups -OCH3 is 2. The first kappa shape index (κ1) is 28.2. The van der Waals surface area contributed by atoms with Crippen molar-refractivity contribution >= 4 is 39.9 Å². The summed E-state index contributed by atoms with van der Waals surface area (Å²) < 4.78 is 22.0.